The van der Waals surface area contributed by atoms with E-state index in [9.17, 15) is 18.7 Å². The summed E-state index contributed by atoms with van der Waals surface area (Å²) in [6, 6.07) is 10.9. The Balaban J connectivity index is 2.12. The van der Waals surface area contributed by atoms with Gasteiger partial charge in [-0.05, 0) is 36.6 Å². The molecule has 1 unspecified atom stereocenters. The molecule has 6 nitrogen and oxygen atoms in total. The van der Waals surface area contributed by atoms with E-state index < -0.39 is 22.5 Å². The molecule has 1 aliphatic rings. The van der Waals surface area contributed by atoms with Crippen LogP contribution in [0.4, 0.5) is 13.6 Å². The van der Waals surface area contributed by atoms with Crippen molar-refractivity contribution in [3.8, 4) is 0 Å². The van der Waals surface area contributed by atoms with Crippen molar-refractivity contribution in [1.82, 2.24) is 10.5 Å². The molecule has 0 aromatic heterocycles. The van der Waals surface area contributed by atoms with Crippen molar-refractivity contribution in [1.29, 1.82) is 0 Å². The third-order valence-electron chi connectivity index (χ3n) is 4.14. The first-order chi connectivity index (χ1) is 13.0. The highest BCUT2D eigenvalue weighted by molar-refractivity contribution is 8.15. The van der Waals surface area contributed by atoms with Crippen molar-refractivity contribution in [2.24, 2.45) is 5.10 Å². The SMILES string of the molecule is O=C(NO)N1N=C(c2cc(F)ccc2F)SC1(CCCO)c1ccccc1. The number of nitrogens with zero attached hydrogens (tertiary/aromatic N) is 2. The summed E-state index contributed by atoms with van der Waals surface area (Å²) in [6.07, 6.45) is 0.598. The molecule has 2 aromatic rings. The average molecular weight is 393 g/mol. The Morgan fingerprint density at radius 2 is 1.96 bits per heavy atom. The molecule has 0 bridgehead atoms. The lowest BCUT2D eigenvalue weighted by molar-refractivity contribution is 0.105. The van der Waals surface area contributed by atoms with Crippen LogP contribution < -0.4 is 5.48 Å². The second-order valence-electron chi connectivity index (χ2n) is 5.84. The number of rotatable bonds is 5. The molecule has 27 heavy (non-hydrogen) atoms. The van der Waals surface area contributed by atoms with Crippen LogP contribution in [0.25, 0.3) is 0 Å². The number of amides is 2. The van der Waals surface area contributed by atoms with E-state index in [4.69, 9.17) is 5.21 Å². The number of halogens is 2. The van der Waals surface area contributed by atoms with Gasteiger partial charge >= 0.3 is 6.03 Å². The normalized spacial score (nSPS) is 19.1. The minimum Gasteiger partial charge on any atom is -0.396 e. The number of carbonyl (C=O) groups excluding carboxylic acids is 1. The third-order valence-corrected chi connectivity index (χ3v) is 5.59. The molecule has 0 aliphatic carbocycles. The van der Waals surface area contributed by atoms with Crippen molar-refractivity contribution in [2.45, 2.75) is 17.7 Å². The zero-order chi connectivity index (χ0) is 19.4. The number of carbonyl (C=O) groups is 1. The van der Waals surface area contributed by atoms with Crippen LogP contribution in [-0.4, -0.2) is 33.0 Å². The largest absolute Gasteiger partial charge is 0.396 e. The number of urea groups is 1. The number of thioether (sulfide) groups is 1. The van der Waals surface area contributed by atoms with Crippen molar-refractivity contribution in [3.63, 3.8) is 0 Å². The highest BCUT2D eigenvalue weighted by Gasteiger charge is 2.48. The Kier molecular flexibility index (Phi) is 5.73. The molecule has 1 heterocycles. The monoisotopic (exact) mass is 393 g/mol. The van der Waals surface area contributed by atoms with Crippen LogP contribution in [0.1, 0.15) is 24.0 Å². The number of aliphatic hydroxyl groups excluding tert-OH is 1. The zero-order valence-electron chi connectivity index (χ0n) is 14.1. The lowest BCUT2D eigenvalue weighted by Crippen LogP contribution is -2.45. The van der Waals surface area contributed by atoms with E-state index in [2.05, 4.69) is 5.10 Å². The molecule has 3 N–H and O–H groups in total. The molecule has 1 aliphatic heterocycles. The lowest BCUT2D eigenvalue weighted by atomic mass is 10.0. The number of hydroxylamine groups is 1. The van der Waals surface area contributed by atoms with Crippen molar-refractivity contribution >= 4 is 22.8 Å². The van der Waals surface area contributed by atoms with Gasteiger partial charge in [0.2, 0.25) is 0 Å². The zero-order valence-corrected chi connectivity index (χ0v) is 14.9. The lowest BCUT2D eigenvalue weighted by Gasteiger charge is -2.35. The summed E-state index contributed by atoms with van der Waals surface area (Å²) in [5, 5.41) is 23.7. The van der Waals surface area contributed by atoms with E-state index in [0.29, 0.717) is 12.0 Å². The predicted octanol–water partition coefficient (Wildman–Crippen LogP) is 3.40. The van der Waals surface area contributed by atoms with Crippen LogP contribution in [0.5, 0.6) is 0 Å². The summed E-state index contributed by atoms with van der Waals surface area (Å²) in [6.45, 7) is -0.132. The summed E-state index contributed by atoms with van der Waals surface area (Å²) in [4.78, 5) is 11.2. The topological polar surface area (TPSA) is 85.2 Å². The molecule has 142 valence electrons. The number of hydrazone groups is 1. The molecule has 0 saturated carbocycles. The maximum absolute atomic E-state index is 14.3. The van der Waals surface area contributed by atoms with Gasteiger partial charge in [0.1, 0.15) is 21.5 Å². The first-order valence-corrected chi connectivity index (χ1v) is 8.97. The quantitative estimate of drug-likeness (QED) is 0.537. The number of hydrogen-bond donors (Lipinski definition) is 3. The summed E-state index contributed by atoms with van der Waals surface area (Å²) >= 11 is 1.07. The first kappa shape index (κ1) is 19.3. The molecule has 3 rings (SSSR count). The molecule has 0 saturated heterocycles. The van der Waals surface area contributed by atoms with Gasteiger partial charge in [-0.1, -0.05) is 42.1 Å². The van der Waals surface area contributed by atoms with Gasteiger partial charge in [-0.3, -0.25) is 5.21 Å². The summed E-state index contributed by atoms with van der Waals surface area (Å²) in [7, 11) is 0. The highest BCUT2D eigenvalue weighted by atomic mass is 32.2. The standard InChI is InChI=1S/C18H17F2N3O3S/c19-13-7-8-15(20)14(11-13)16-21-23(17(25)22-26)18(27-16,9-4-10-24)12-5-2-1-3-6-12/h1-3,5-8,11,24,26H,4,9-10H2,(H,22,25). The average Bonchev–Trinajstić information content (AvgIpc) is 3.09. The maximum Gasteiger partial charge on any atom is 0.363 e. The Morgan fingerprint density at radius 3 is 2.63 bits per heavy atom. The van der Waals surface area contributed by atoms with Crippen LogP contribution >= 0.6 is 11.8 Å². The molecule has 2 aromatic carbocycles. The Morgan fingerprint density at radius 1 is 1.22 bits per heavy atom. The minimum atomic E-state index is -1.13. The van der Waals surface area contributed by atoms with Gasteiger partial charge in [0, 0.05) is 12.2 Å². The summed E-state index contributed by atoms with van der Waals surface area (Å²) in [5.41, 5.74) is 2.13. The smallest absolute Gasteiger partial charge is 0.363 e. The number of benzene rings is 2. The van der Waals surface area contributed by atoms with Gasteiger partial charge in [-0.25, -0.2) is 19.1 Å². The Labute approximate surface area is 158 Å². The fourth-order valence-corrected chi connectivity index (χ4v) is 4.34. The van der Waals surface area contributed by atoms with E-state index in [1.165, 1.54) is 0 Å². The second kappa shape index (κ2) is 8.03. The van der Waals surface area contributed by atoms with Crippen LogP contribution in [0.15, 0.2) is 53.6 Å². The van der Waals surface area contributed by atoms with E-state index in [0.717, 1.165) is 35.0 Å². The highest BCUT2D eigenvalue weighted by Crippen LogP contribution is 2.50. The van der Waals surface area contributed by atoms with Gasteiger partial charge in [-0.15, -0.1) is 0 Å². The van der Waals surface area contributed by atoms with Gasteiger partial charge < -0.3 is 5.11 Å². The molecule has 9 heteroatoms. The number of hydrogen-bond acceptors (Lipinski definition) is 5. The fourth-order valence-electron chi connectivity index (χ4n) is 2.92. The summed E-state index contributed by atoms with van der Waals surface area (Å²) < 4.78 is 27.9. The molecule has 0 fully saturated rings. The van der Waals surface area contributed by atoms with Crippen molar-refractivity contribution < 1.29 is 23.9 Å². The van der Waals surface area contributed by atoms with Gasteiger partial charge in [0.25, 0.3) is 0 Å². The maximum atomic E-state index is 14.3. The molecule has 2 amide bonds. The fraction of sp³-hybridized carbons (Fsp3) is 0.222. The first-order valence-electron chi connectivity index (χ1n) is 8.15. The van der Waals surface area contributed by atoms with Gasteiger partial charge in [0.05, 0.1) is 0 Å². The van der Waals surface area contributed by atoms with Gasteiger partial charge in [-0.2, -0.15) is 10.1 Å². The Hall–Kier alpha value is -2.49. The molecular formula is C18H17F2N3O3S. The van der Waals surface area contributed by atoms with Crippen molar-refractivity contribution in [3.05, 3.63) is 71.3 Å². The molecule has 1 atom stereocenters. The number of nitrogens with one attached hydrogen (secondary N) is 1. The minimum absolute atomic E-state index is 0.0856. The second-order valence-corrected chi connectivity index (χ2v) is 7.10. The third kappa shape index (κ3) is 3.66. The van der Waals surface area contributed by atoms with E-state index in [1.54, 1.807) is 35.8 Å². The Bertz CT molecular complexity index is 866. The van der Waals surface area contributed by atoms with Gasteiger partial charge in [0.15, 0.2) is 0 Å². The number of aliphatic hydroxyl groups is 1. The van der Waals surface area contributed by atoms with E-state index in [1.807, 2.05) is 0 Å². The molecule has 0 spiro atoms. The van der Waals surface area contributed by atoms with Crippen LogP contribution in [0, 0.1) is 11.6 Å². The molecule has 0 radical (unpaired) electrons. The van der Waals surface area contributed by atoms with E-state index >= 15 is 0 Å². The summed E-state index contributed by atoms with van der Waals surface area (Å²) in [5.74, 6) is -1.32. The van der Waals surface area contributed by atoms with Crippen molar-refractivity contribution in [2.75, 3.05) is 6.61 Å². The predicted molar refractivity (Wildman–Crippen MR) is 97.1 cm³/mol. The molecular weight excluding hydrogens is 376 g/mol. The van der Waals surface area contributed by atoms with Crippen LogP contribution in [0.3, 0.4) is 0 Å². The van der Waals surface area contributed by atoms with Crippen LogP contribution in [-0.2, 0) is 4.87 Å². The van der Waals surface area contributed by atoms with E-state index in [-0.39, 0.29) is 23.6 Å². The van der Waals surface area contributed by atoms with Crippen LogP contribution in [0.2, 0.25) is 0 Å².